The van der Waals surface area contributed by atoms with Crippen molar-refractivity contribution in [2.45, 2.75) is 44.3 Å². The van der Waals surface area contributed by atoms with Gasteiger partial charge >= 0.3 is 0 Å². The number of anilines is 1. The van der Waals surface area contributed by atoms with E-state index in [0.29, 0.717) is 18.9 Å². The van der Waals surface area contributed by atoms with Gasteiger partial charge < -0.3 is 15.2 Å². The molecule has 0 amide bonds. The van der Waals surface area contributed by atoms with Crippen LogP contribution in [0.3, 0.4) is 0 Å². The van der Waals surface area contributed by atoms with Crippen molar-refractivity contribution in [1.29, 1.82) is 0 Å². The first-order valence-corrected chi connectivity index (χ1v) is 11.1. The molecule has 3 fully saturated rings. The Bertz CT molecular complexity index is 858. The van der Waals surface area contributed by atoms with Gasteiger partial charge in [-0.25, -0.2) is 18.3 Å². The van der Waals surface area contributed by atoms with E-state index in [-0.39, 0.29) is 25.2 Å². The summed E-state index contributed by atoms with van der Waals surface area (Å²) in [5.41, 5.74) is 7.53. The van der Waals surface area contributed by atoms with E-state index in [4.69, 9.17) is 15.2 Å². The minimum absolute atomic E-state index is 0.0152. The Labute approximate surface area is 181 Å². The highest BCUT2D eigenvalue weighted by Gasteiger charge is 2.40. The highest BCUT2D eigenvalue weighted by atomic mass is 19.3. The Hall–Kier alpha value is -1.88. The summed E-state index contributed by atoms with van der Waals surface area (Å²) in [6.45, 7) is 8.29. The SMILES string of the molecule is CCN1CCOCC1.Nc1ncnn2c([C@H]3CC[C@@H](CN4CCC(F)(F)C4)O3)ccc12. The van der Waals surface area contributed by atoms with Gasteiger partial charge in [-0.15, -0.1) is 0 Å². The maximum Gasteiger partial charge on any atom is 0.261 e. The summed E-state index contributed by atoms with van der Waals surface area (Å²) in [5.74, 6) is -2.12. The molecule has 2 aromatic rings. The van der Waals surface area contributed by atoms with Gasteiger partial charge in [-0.05, 0) is 31.5 Å². The zero-order valence-corrected chi connectivity index (χ0v) is 18.1. The molecular formula is C21H32F2N6O2. The molecule has 2 N–H and O–H groups in total. The number of nitrogens with zero attached hydrogens (tertiary/aromatic N) is 5. The van der Waals surface area contributed by atoms with E-state index < -0.39 is 5.92 Å². The monoisotopic (exact) mass is 438 g/mol. The highest BCUT2D eigenvalue weighted by Crippen LogP contribution is 2.35. The van der Waals surface area contributed by atoms with Gasteiger partial charge in [-0.2, -0.15) is 5.10 Å². The van der Waals surface area contributed by atoms with E-state index in [1.54, 1.807) is 9.42 Å². The molecule has 0 aromatic carbocycles. The van der Waals surface area contributed by atoms with Crippen molar-refractivity contribution in [3.8, 4) is 0 Å². The maximum absolute atomic E-state index is 13.3. The third kappa shape index (κ3) is 5.49. The van der Waals surface area contributed by atoms with Crippen molar-refractivity contribution in [1.82, 2.24) is 24.4 Å². The summed E-state index contributed by atoms with van der Waals surface area (Å²) >= 11 is 0. The number of halogens is 2. The van der Waals surface area contributed by atoms with Crippen molar-refractivity contribution in [2.75, 3.05) is 58.2 Å². The number of ether oxygens (including phenoxy) is 2. The van der Waals surface area contributed by atoms with Crippen molar-refractivity contribution < 1.29 is 18.3 Å². The fourth-order valence-corrected chi connectivity index (χ4v) is 4.44. The molecule has 0 saturated carbocycles. The molecule has 3 saturated heterocycles. The smallest absolute Gasteiger partial charge is 0.261 e. The molecule has 0 spiro atoms. The van der Waals surface area contributed by atoms with Gasteiger partial charge in [0.05, 0.1) is 31.6 Å². The van der Waals surface area contributed by atoms with Gasteiger partial charge in [0.2, 0.25) is 0 Å². The Balaban J connectivity index is 0.000000245. The summed E-state index contributed by atoms with van der Waals surface area (Å²) in [7, 11) is 0. The predicted molar refractivity (Wildman–Crippen MR) is 113 cm³/mol. The zero-order valence-electron chi connectivity index (χ0n) is 18.1. The fourth-order valence-electron chi connectivity index (χ4n) is 4.44. The van der Waals surface area contributed by atoms with Gasteiger partial charge in [0.1, 0.15) is 17.9 Å². The second kappa shape index (κ2) is 9.72. The van der Waals surface area contributed by atoms with Crippen LogP contribution >= 0.6 is 0 Å². The molecule has 0 unspecified atom stereocenters. The van der Waals surface area contributed by atoms with Gasteiger partial charge in [0.25, 0.3) is 5.92 Å². The number of likely N-dealkylation sites (tertiary alicyclic amines) is 1. The third-order valence-electron chi connectivity index (χ3n) is 6.21. The van der Waals surface area contributed by atoms with Crippen LogP contribution in [0.5, 0.6) is 0 Å². The average Bonchev–Trinajstić information content (AvgIpc) is 3.48. The first-order valence-electron chi connectivity index (χ1n) is 11.1. The van der Waals surface area contributed by atoms with E-state index in [2.05, 4.69) is 21.9 Å². The lowest BCUT2D eigenvalue weighted by Crippen LogP contribution is -2.35. The minimum Gasteiger partial charge on any atom is -0.382 e. The molecule has 5 rings (SSSR count). The van der Waals surface area contributed by atoms with E-state index in [0.717, 1.165) is 50.4 Å². The molecule has 3 aliphatic rings. The lowest BCUT2D eigenvalue weighted by molar-refractivity contribution is -0.00403. The van der Waals surface area contributed by atoms with Crippen LogP contribution in [-0.2, 0) is 9.47 Å². The topological polar surface area (TPSA) is 81.2 Å². The molecule has 8 nitrogen and oxygen atoms in total. The van der Waals surface area contributed by atoms with Crippen LogP contribution in [0.25, 0.3) is 5.52 Å². The number of aromatic nitrogens is 3. The number of likely N-dealkylation sites (N-methyl/N-ethyl adjacent to an activating group) is 1. The van der Waals surface area contributed by atoms with Crippen LogP contribution in [0, 0.1) is 0 Å². The maximum atomic E-state index is 13.3. The van der Waals surface area contributed by atoms with Gasteiger partial charge in [0, 0.05) is 32.6 Å². The van der Waals surface area contributed by atoms with Crippen LogP contribution in [0.1, 0.15) is 38.0 Å². The second-order valence-electron chi connectivity index (χ2n) is 8.41. The van der Waals surface area contributed by atoms with E-state index in [1.807, 2.05) is 12.1 Å². The lowest BCUT2D eigenvalue weighted by Gasteiger charge is -2.24. The first kappa shape index (κ1) is 22.3. The van der Waals surface area contributed by atoms with Crippen LogP contribution in [0.2, 0.25) is 0 Å². The molecule has 0 bridgehead atoms. The van der Waals surface area contributed by atoms with Gasteiger partial charge in [-0.3, -0.25) is 9.80 Å². The second-order valence-corrected chi connectivity index (χ2v) is 8.41. The fraction of sp³-hybridized carbons (Fsp3) is 0.714. The summed E-state index contributed by atoms with van der Waals surface area (Å²) < 4.78 is 39.5. The number of morpholine rings is 1. The summed E-state index contributed by atoms with van der Waals surface area (Å²) in [6.07, 6.45) is 2.98. The van der Waals surface area contributed by atoms with Crippen LogP contribution < -0.4 is 5.73 Å². The quantitative estimate of drug-likeness (QED) is 0.784. The molecule has 2 aromatic heterocycles. The van der Waals surface area contributed by atoms with Crippen LogP contribution in [0.4, 0.5) is 14.6 Å². The largest absolute Gasteiger partial charge is 0.382 e. The molecule has 3 aliphatic heterocycles. The summed E-state index contributed by atoms with van der Waals surface area (Å²) in [6, 6.07) is 3.82. The molecule has 2 atom stereocenters. The Morgan fingerprint density at radius 2 is 1.97 bits per heavy atom. The lowest BCUT2D eigenvalue weighted by atomic mass is 10.1. The summed E-state index contributed by atoms with van der Waals surface area (Å²) in [5, 5.41) is 4.23. The van der Waals surface area contributed by atoms with Crippen molar-refractivity contribution in [3.63, 3.8) is 0 Å². The minimum atomic E-state index is -2.55. The van der Waals surface area contributed by atoms with Gasteiger partial charge in [-0.1, -0.05) is 6.92 Å². The molecule has 0 radical (unpaired) electrons. The van der Waals surface area contributed by atoms with Crippen molar-refractivity contribution in [2.24, 2.45) is 0 Å². The van der Waals surface area contributed by atoms with Crippen molar-refractivity contribution in [3.05, 3.63) is 24.2 Å². The number of hydrogen-bond acceptors (Lipinski definition) is 7. The highest BCUT2D eigenvalue weighted by molar-refractivity contribution is 5.65. The molecule has 172 valence electrons. The van der Waals surface area contributed by atoms with Crippen LogP contribution in [0.15, 0.2) is 18.5 Å². The number of rotatable bonds is 4. The molecule has 5 heterocycles. The summed E-state index contributed by atoms with van der Waals surface area (Å²) in [4.78, 5) is 8.16. The molecule has 31 heavy (non-hydrogen) atoms. The number of nitrogen functional groups attached to an aromatic ring is 1. The van der Waals surface area contributed by atoms with Crippen LogP contribution in [-0.4, -0.2) is 88.9 Å². The Morgan fingerprint density at radius 3 is 2.65 bits per heavy atom. The number of hydrogen-bond donors (Lipinski definition) is 1. The number of fused-ring (bicyclic) bond motifs is 1. The molecule has 0 aliphatic carbocycles. The van der Waals surface area contributed by atoms with Crippen molar-refractivity contribution >= 4 is 11.3 Å². The van der Waals surface area contributed by atoms with E-state index >= 15 is 0 Å². The Kier molecular flexibility index (Phi) is 7.00. The Morgan fingerprint density at radius 1 is 1.16 bits per heavy atom. The normalized spacial score (nSPS) is 26.8. The van der Waals surface area contributed by atoms with E-state index in [1.165, 1.54) is 12.9 Å². The van der Waals surface area contributed by atoms with E-state index in [9.17, 15) is 8.78 Å². The zero-order chi connectivity index (χ0) is 21.8. The first-order chi connectivity index (χ1) is 14.9. The average molecular weight is 439 g/mol. The number of nitrogens with two attached hydrogens (primary N) is 1. The molecular weight excluding hydrogens is 406 g/mol. The standard InChI is InChI=1S/C15H19F2N5O.C6H13NO/c16-15(17)5-6-21(8-15)7-10-1-4-13(23-10)11-2-3-12-14(18)19-9-20-22(11)12;1-2-7-3-5-8-6-4-7/h2-3,9-10,13H,1,4-8H2,(H2,18,19,20);2-6H2,1H3/t10-,13+;/m0./s1. The third-order valence-corrected chi connectivity index (χ3v) is 6.21. The predicted octanol–water partition coefficient (Wildman–Crippen LogP) is 2.21. The molecule has 10 heteroatoms. The number of alkyl halides is 2. The van der Waals surface area contributed by atoms with Gasteiger partial charge in [0.15, 0.2) is 5.82 Å².